The zero-order valence-electron chi connectivity index (χ0n) is 9.69. The van der Waals surface area contributed by atoms with Gasteiger partial charge in [0.25, 0.3) is 0 Å². The number of nitrogens with one attached hydrogen (secondary N) is 1. The van der Waals surface area contributed by atoms with Gasteiger partial charge in [0.05, 0.1) is 13.0 Å². The third kappa shape index (κ3) is 3.61. The standard InChI is InChI=1S/C11H13N3OS2/c1-7-6-16-10(14-7)3-9(15)12-5-11-13-4-8(2)17-11/h4,6H,3,5H2,1-2H3,(H,12,15). The Morgan fingerprint density at radius 3 is 2.82 bits per heavy atom. The summed E-state index contributed by atoms with van der Waals surface area (Å²) >= 11 is 3.12. The highest BCUT2D eigenvalue weighted by atomic mass is 32.1. The molecular weight excluding hydrogens is 254 g/mol. The molecule has 0 saturated carbocycles. The Hall–Kier alpha value is -1.27. The number of carbonyl (C=O) groups excluding carboxylic acids is 1. The van der Waals surface area contributed by atoms with Gasteiger partial charge in [-0.2, -0.15) is 0 Å². The number of carbonyl (C=O) groups is 1. The molecule has 2 heterocycles. The van der Waals surface area contributed by atoms with Crippen LogP contribution in [0, 0.1) is 13.8 Å². The Bertz CT molecular complexity index is 518. The van der Waals surface area contributed by atoms with Gasteiger partial charge in [-0.05, 0) is 13.8 Å². The molecule has 0 radical (unpaired) electrons. The van der Waals surface area contributed by atoms with Crippen molar-refractivity contribution in [1.82, 2.24) is 15.3 Å². The second-order valence-corrected chi connectivity index (χ2v) is 5.96. The van der Waals surface area contributed by atoms with Crippen LogP contribution in [0.15, 0.2) is 11.6 Å². The lowest BCUT2D eigenvalue weighted by molar-refractivity contribution is -0.120. The van der Waals surface area contributed by atoms with Crippen LogP contribution in [0.25, 0.3) is 0 Å². The average Bonchev–Trinajstić information content (AvgIpc) is 2.85. The van der Waals surface area contributed by atoms with Gasteiger partial charge in [-0.25, -0.2) is 9.97 Å². The average molecular weight is 267 g/mol. The number of nitrogens with zero attached hydrogens (tertiary/aromatic N) is 2. The lowest BCUT2D eigenvalue weighted by atomic mass is 10.4. The highest BCUT2D eigenvalue weighted by Crippen LogP contribution is 2.11. The highest BCUT2D eigenvalue weighted by molar-refractivity contribution is 7.11. The molecular formula is C11H13N3OS2. The lowest BCUT2D eigenvalue weighted by Crippen LogP contribution is -2.24. The van der Waals surface area contributed by atoms with E-state index in [1.165, 1.54) is 11.3 Å². The zero-order valence-corrected chi connectivity index (χ0v) is 11.3. The topological polar surface area (TPSA) is 54.9 Å². The fraction of sp³-hybridized carbons (Fsp3) is 0.364. The summed E-state index contributed by atoms with van der Waals surface area (Å²) in [6.45, 7) is 4.43. The minimum Gasteiger partial charge on any atom is -0.349 e. The first-order valence-electron chi connectivity index (χ1n) is 5.22. The number of hydrogen-bond donors (Lipinski definition) is 1. The fourth-order valence-electron chi connectivity index (χ4n) is 1.34. The van der Waals surface area contributed by atoms with Gasteiger partial charge in [0.1, 0.15) is 10.0 Å². The Morgan fingerprint density at radius 1 is 1.41 bits per heavy atom. The van der Waals surface area contributed by atoms with Crippen LogP contribution in [0.2, 0.25) is 0 Å². The molecule has 0 spiro atoms. The fourth-order valence-corrected chi connectivity index (χ4v) is 2.84. The minimum absolute atomic E-state index is 0.00722. The van der Waals surface area contributed by atoms with Crippen LogP contribution < -0.4 is 5.32 Å². The van der Waals surface area contributed by atoms with Crippen LogP contribution in [0.1, 0.15) is 20.6 Å². The van der Waals surface area contributed by atoms with Crippen LogP contribution in [-0.2, 0) is 17.8 Å². The third-order valence-electron chi connectivity index (χ3n) is 2.08. The van der Waals surface area contributed by atoms with Gasteiger partial charge < -0.3 is 5.32 Å². The van der Waals surface area contributed by atoms with Gasteiger partial charge in [-0.15, -0.1) is 22.7 Å². The van der Waals surface area contributed by atoms with Crippen molar-refractivity contribution in [2.45, 2.75) is 26.8 Å². The molecule has 0 aromatic carbocycles. The summed E-state index contributed by atoms with van der Waals surface area (Å²) in [6.07, 6.45) is 2.17. The summed E-state index contributed by atoms with van der Waals surface area (Å²) in [5.74, 6) is -0.00722. The van der Waals surface area contributed by atoms with Gasteiger partial charge in [-0.1, -0.05) is 0 Å². The first kappa shape index (κ1) is 12.2. The van der Waals surface area contributed by atoms with E-state index in [4.69, 9.17) is 0 Å². The molecule has 2 aromatic rings. The highest BCUT2D eigenvalue weighted by Gasteiger charge is 2.07. The monoisotopic (exact) mass is 267 g/mol. The normalized spacial score (nSPS) is 10.5. The molecule has 2 rings (SSSR count). The smallest absolute Gasteiger partial charge is 0.227 e. The molecule has 0 aliphatic heterocycles. The predicted molar refractivity (Wildman–Crippen MR) is 69.3 cm³/mol. The van der Waals surface area contributed by atoms with Crippen molar-refractivity contribution in [3.05, 3.63) is 32.2 Å². The molecule has 4 nitrogen and oxygen atoms in total. The molecule has 2 aromatic heterocycles. The third-order valence-corrected chi connectivity index (χ3v) is 3.96. The first-order valence-corrected chi connectivity index (χ1v) is 6.92. The van der Waals surface area contributed by atoms with Crippen molar-refractivity contribution in [2.75, 3.05) is 0 Å². The second-order valence-electron chi connectivity index (χ2n) is 3.70. The number of rotatable bonds is 4. The number of amides is 1. The molecule has 90 valence electrons. The summed E-state index contributed by atoms with van der Waals surface area (Å²) in [7, 11) is 0. The summed E-state index contributed by atoms with van der Waals surface area (Å²) < 4.78 is 0. The zero-order chi connectivity index (χ0) is 12.3. The van der Waals surface area contributed by atoms with Crippen molar-refractivity contribution in [1.29, 1.82) is 0 Å². The van der Waals surface area contributed by atoms with Crippen molar-refractivity contribution in [2.24, 2.45) is 0 Å². The van der Waals surface area contributed by atoms with E-state index >= 15 is 0 Å². The van der Waals surface area contributed by atoms with Gasteiger partial charge in [-0.3, -0.25) is 4.79 Å². The first-order chi connectivity index (χ1) is 8.13. The molecule has 0 atom stereocenters. The number of hydrogen-bond acceptors (Lipinski definition) is 5. The van der Waals surface area contributed by atoms with Crippen LogP contribution in [0.3, 0.4) is 0 Å². The molecule has 0 unspecified atom stereocenters. The van der Waals surface area contributed by atoms with E-state index in [1.54, 1.807) is 11.3 Å². The van der Waals surface area contributed by atoms with Crippen LogP contribution in [0.4, 0.5) is 0 Å². The van der Waals surface area contributed by atoms with E-state index in [1.807, 2.05) is 25.4 Å². The molecule has 1 N–H and O–H groups in total. The second kappa shape index (κ2) is 5.37. The van der Waals surface area contributed by atoms with Crippen molar-refractivity contribution in [3.63, 3.8) is 0 Å². The molecule has 0 aliphatic rings. The van der Waals surface area contributed by atoms with Gasteiger partial charge in [0, 0.05) is 22.1 Å². The molecule has 0 aliphatic carbocycles. The van der Waals surface area contributed by atoms with Crippen molar-refractivity contribution >= 4 is 28.6 Å². The minimum atomic E-state index is -0.00722. The maximum Gasteiger partial charge on any atom is 0.227 e. The van der Waals surface area contributed by atoms with Crippen LogP contribution >= 0.6 is 22.7 Å². The van der Waals surface area contributed by atoms with E-state index in [-0.39, 0.29) is 5.91 Å². The van der Waals surface area contributed by atoms with Crippen LogP contribution in [0.5, 0.6) is 0 Å². The molecule has 17 heavy (non-hydrogen) atoms. The van der Waals surface area contributed by atoms with Gasteiger partial charge >= 0.3 is 0 Å². The molecule has 0 saturated heterocycles. The number of aromatic nitrogens is 2. The van der Waals surface area contributed by atoms with Crippen molar-refractivity contribution in [3.8, 4) is 0 Å². The van der Waals surface area contributed by atoms with Crippen molar-refractivity contribution < 1.29 is 4.79 Å². The molecule has 1 amide bonds. The van der Waals surface area contributed by atoms with E-state index in [0.717, 1.165) is 20.6 Å². The summed E-state index contributed by atoms with van der Waals surface area (Å²) in [5, 5.41) is 6.59. The Kier molecular flexibility index (Phi) is 3.86. The maximum absolute atomic E-state index is 11.6. The Balaban J connectivity index is 1.82. The number of aryl methyl sites for hydroxylation is 2. The Labute approximate surface area is 108 Å². The van der Waals surface area contributed by atoms with Gasteiger partial charge in [0.15, 0.2) is 0 Å². The molecule has 6 heteroatoms. The quantitative estimate of drug-likeness (QED) is 0.922. The lowest BCUT2D eigenvalue weighted by Gasteiger charge is -2.00. The van der Waals surface area contributed by atoms with Gasteiger partial charge in [0.2, 0.25) is 5.91 Å². The predicted octanol–water partition coefficient (Wildman–Crippen LogP) is 2.08. The Morgan fingerprint density at radius 2 is 2.24 bits per heavy atom. The van der Waals surface area contributed by atoms with E-state index in [2.05, 4.69) is 15.3 Å². The number of thiazole rings is 2. The summed E-state index contributed by atoms with van der Waals surface area (Å²) in [4.78, 5) is 21.2. The van der Waals surface area contributed by atoms with E-state index in [9.17, 15) is 4.79 Å². The van der Waals surface area contributed by atoms with E-state index in [0.29, 0.717) is 13.0 Å². The summed E-state index contributed by atoms with van der Waals surface area (Å²) in [5.41, 5.74) is 0.966. The largest absolute Gasteiger partial charge is 0.349 e. The molecule has 0 fully saturated rings. The maximum atomic E-state index is 11.6. The molecule has 0 bridgehead atoms. The summed E-state index contributed by atoms with van der Waals surface area (Å²) in [6, 6.07) is 0. The van der Waals surface area contributed by atoms with E-state index < -0.39 is 0 Å². The SMILES string of the molecule is Cc1csc(CC(=O)NCc2ncc(C)s2)n1. The van der Waals surface area contributed by atoms with Crippen LogP contribution in [-0.4, -0.2) is 15.9 Å².